The highest BCUT2D eigenvalue weighted by Crippen LogP contribution is 2.04. The maximum Gasteiger partial charge on any atom is 0.0783 e. The van der Waals surface area contributed by atoms with Crippen LogP contribution >= 0.6 is 0 Å². The lowest BCUT2D eigenvalue weighted by Gasteiger charge is -1.99. The lowest BCUT2D eigenvalue weighted by Crippen LogP contribution is -1.86. The van der Waals surface area contributed by atoms with E-state index in [1.165, 1.54) is 0 Å². The first kappa shape index (κ1) is 6.54. The van der Waals surface area contributed by atoms with E-state index in [2.05, 4.69) is 0 Å². The minimum Gasteiger partial charge on any atom is -0.516 e. The number of aliphatic hydroxyl groups excluding tert-OH is 1. The van der Waals surface area contributed by atoms with Gasteiger partial charge in [-0.3, -0.25) is 0 Å². The van der Waals surface area contributed by atoms with E-state index in [4.69, 9.17) is 5.11 Å². The summed E-state index contributed by atoms with van der Waals surface area (Å²) in [6.45, 7) is 5.99. The van der Waals surface area contributed by atoms with Crippen LogP contribution in [0.25, 0.3) is 0 Å². The molecule has 0 heterocycles. The number of hydrogen-bond donors (Lipinski definition) is 1. The van der Waals surface area contributed by atoms with Crippen molar-refractivity contribution in [3.05, 3.63) is 11.8 Å². The highest BCUT2D eigenvalue weighted by molar-refractivity contribution is 4.94. The topological polar surface area (TPSA) is 20.2 Å². The Morgan fingerprint density at radius 2 is 2.00 bits per heavy atom. The smallest absolute Gasteiger partial charge is 0.0783 e. The molecule has 0 unspecified atom stereocenters. The van der Waals surface area contributed by atoms with Gasteiger partial charge in [0.05, 0.1) is 6.26 Å². The Labute approximate surface area is 44.7 Å². The molecule has 0 amide bonds. The first-order valence-electron chi connectivity index (χ1n) is 2.49. The molecular weight excluding hydrogens is 88.1 g/mol. The lowest BCUT2D eigenvalue weighted by molar-refractivity contribution is 0.458. The van der Waals surface area contributed by atoms with Gasteiger partial charge in [-0.15, -0.1) is 0 Å². The van der Waals surface area contributed by atoms with Crippen LogP contribution in [-0.4, -0.2) is 5.11 Å². The van der Waals surface area contributed by atoms with Gasteiger partial charge in [-0.2, -0.15) is 0 Å². The molecule has 0 atom stereocenters. The van der Waals surface area contributed by atoms with E-state index in [0.29, 0.717) is 5.92 Å². The number of aliphatic hydroxyl groups is 1. The first-order chi connectivity index (χ1) is 3.18. The van der Waals surface area contributed by atoms with Crippen molar-refractivity contribution in [3.63, 3.8) is 0 Å². The molecule has 0 aromatic heterocycles. The van der Waals surface area contributed by atoms with Gasteiger partial charge in [-0.25, -0.2) is 0 Å². The Balaban J connectivity index is 3.56. The average molecular weight is 100 g/mol. The summed E-state index contributed by atoms with van der Waals surface area (Å²) >= 11 is 0. The first-order valence-corrected chi connectivity index (χ1v) is 2.49. The summed E-state index contributed by atoms with van der Waals surface area (Å²) in [6.07, 6.45) is 1.16. The Bertz CT molecular complexity index is 72.2. The van der Waals surface area contributed by atoms with E-state index in [1.807, 2.05) is 20.8 Å². The van der Waals surface area contributed by atoms with E-state index in [-0.39, 0.29) is 0 Å². The van der Waals surface area contributed by atoms with Gasteiger partial charge < -0.3 is 5.11 Å². The Hall–Kier alpha value is -0.460. The van der Waals surface area contributed by atoms with Crippen molar-refractivity contribution >= 4 is 0 Å². The van der Waals surface area contributed by atoms with Gasteiger partial charge in [0, 0.05) is 0 Å². The molecule has 1 nitrogen and oxygen atoms in total. The average Bonchev–Trinajstić information content (AvgIpc) is 1.65. The normalized spacial score (nSPS) is 12.9. The predicted octanol–water partition coefficient (Wildman–Crippen LogP) is 2.10. The molecular formula is C6H12O. The van der Waals surface area contributed by atoms with Crippen molar-refractivity contribution in [3.8, 4) is 0 Å². The zero-order valence-electron chi connectivity index (χ0n) is 5.10. The van der Waals surface area contributed by atoms with Crippen LogP contribution in [0.2, 0.25) is 0 Å². The van der Waals surface area contributed by atoms with E-state index in [1.54, 1.807) is 0 Å². The molecule has 42 valence electrons. The fourth-order valence-electron chi connectivity index (χ4n) is 0.149. The second kappa shape index (κ2) is 2.67. The molecule has 0 aromatic carbocycles. The number of allylic oxidation sites excluding steroid dienone is 1. The maximum absolute atomic E-state index is 8.34. The van der Waals surface area contributed by atoms with E-state index in [0.717, 1.165) is 11.8 Å². The second-order valence-corrected chi connectivity index (χ2v) is 2.03. The van der Waals surface area contributed by atoms with Gasteiger partial charge in [0.1, 0.15) is 0 Å². The van der Waals surface area contributed by atoms with Crippen LogP contribution in [-0.2, 0) is 0 Å². The molecule has 0 bridgehead atoms. The van der Waals surface area contributed by atoms with Crippen molar-refractivity contribution < 1.29 is 5.11 Å². The van der Waals surface area contributed by atoms with Gasteiger partial charge in [-0.05, 0) is 18.4 Å². The summed E-state index contributed by atoms with van der Waals surface area (Å²) in [5.74, 6) is 0.477. The summed E-state index contributed by atoms with van der Waals surface area (Å²) in [4.78, 5) is 0. The van der Waals surface area contributed by atoms with Crippen LogP contribution in [0.1, 0.15) is 20.8 Å². The zero-order chi connectivity index (χ0) is 5.86. The largest absolute Gasteiger partial charge is 0.516 e. The van der Waals surface area contributed by atoms with Crippen molar-refractivity contribution in [2.45, 2.75) is 20.8 Å². The van der Waals surface area contributed by atoms with Gasteiger partial charge >= 0.3 is 0 Å². The molecule has 0 aliphatic rings. The van der Waals surface area contributed by atoms with Crippen LogP contribution in [0.4, 0.5) is 0 Å². The van der Waals surface area contributed by atoms with Crippen LogP contribution < -0.4 is 0 Å². The minimum absolute atomic E-state index is 0.477. The molecule has 0 saturated carbocycles. The third kappa shape index (κ3) is 2.26. The van der Waals surface area contributed by atoms with Gasteiger partial charge in [0.2, 0.25) is 0 Å². The molecule has 0 fully saturated rings. The Kier molecular flexibility index (Phi) is 2.49. The molecule has 0 saturated heterocycles. The SMILES string of the molecule is C/C(=C\O)C(C)C. The van der Waals surface area contributed by atoms with Crippen LogP contribution in [0.15, 0.2) is 11.8 Å². The predicted molar refractivity (Wildman–Crippen MR) is 31.2 cm³/mol. The summed E-state index contributed by atoms with van der Waals surface area (Å²) in [7, 11) is 0. The third-order valence-electron chi connectivity index (χ3n) is 1.11. The fourth-order valence-corrected chi connectivity index (χ4v) is 0.149. The summed E-state index contributed by atoms with van der Waals surface area (Å²) < 4.78 is 0. The van der Waals surface area contributed by atoms with Gasteiger partial charge in [0.15, 0.2) is 0 Å². The summed E-state index contributed by atoms with van der Waals surface area (Å²) in [5.41, 5.74) is 1.03. The maximum atomic E-state index is 8.34. The quantitative estimate of drug-likeness (QED) is 0.500. The molecule has 7 heavy (non-hydrogen) atoms. The zero-order valence-corrected chi connectivity index (χ0v) is 5.10. The molecule has 0 radical (unpaired) electrons. The summed E-state index contributed by atoms with van der Waals surface area (Å²) in [5, 5.41) is 8.34. The molecule has 1 N–H and O–H groups in total. The Morgan fingerprint density at radius 1 is 1.57 bits per heavy atom. The van der Waals surface area contributed by atoms with Crippen LogP contribution in [0.5, 0.6) is 0 Å². The second-order valence-electron chi connectivity index (χ2n) is 2.03. The molecule has 0 aliphatic heterocycles. The lowest BCUT2D eigenvalue weighted by atomic mass is 10.1. The molecule has 0 aliphatic carbocycles. The minimum atomic E-state index is 0.477. The highest BCUT2D eigenvalue weighted by Gasteiger charge is 1.92. The number of hydrogen-bond acceptors (Lipinski definition) is 1. The van der Waals surface area contributed by atoms with E-state index < -0.39 is 0 Å². The molecule has 1 heteroatoms. The Morgan fingerprint density at radius 3 is 2.00 bits per heavy atom. The van der Waals surface area contributed by atoms with E-state index >= 15 is 0 Å². The summed E-state index contributed by atoms with van der Waals surface area (Å²) in [6, 6.07) is 0. The van der Waals surface area contributed by atoms with Crippen molar-refractivity contribution in [1.29, 1.82) is 0 Å². The fraction of sp³-hybridized carbons (Fsp3) is 0.667. The third-order valence-corrected chi connectivity index (χ3v) is 1.11. The number of rotatable bonds is 1. The van der Waals surface area contributed by atoms with Crippen molar-refractivity contribution in [2.24, 2.45) is 5.92 Å². The van der Waals surface area contributed by atoms with Crippen LogP contribution in [0, 0.1) is 5.92 Å². The van der Waals surface area contributed by atoms with Gasteiger partial charge in [0.25, 0.3) is 0 Å². The van der Waals surface area contributed by atoms with Crippen molar-refractivity contribution in [2.75, 3.05) is 0 Å². The molecule has 0 rings (SSSR count). The standard InChI is InChI=1S/C6H12O/c1-5(2)6(3)4-7/h4-5,7H,1-3H3/b6-4+. The van der Waals surface area contributed by atoms with Crippen molar-refractivity contribution in [1.82, 2.24) is 0 Å². The van der Waals surface area contributed by atoms with Crippen LogP contribution in [0.3, 0.4) is 0 Å². The monoisotopic (exact) mass is 100 g/mol. The molecule has 0 aromatic rings. The van der Waals surface area contributed by atoms with Gasteiger partial charge in [-0.1, -0.05) is 13.8 Å². The highest BCUT2D eigenvalue weighted by atomic mass is 16.2. The van der Waals surface area contributed by atoms with E-state index in [9.17, 15) is 0 Å². The molecule has 0 spiro atoms.